The Labute approximate surface area is 134 Å². The first-order chi connectivity index (χ1) is 9.99. The first kappa shape index (κ1) is 14.5. The van der Waals surface area contributed by atoms with Gasteiger partial charge in [0.05, 0.1) is 20.6 Å². The van der Waals surface area contributed by atoms with Crippen molar-refractivity contribution in [1.29, 1.82) is 0 Å². The van der Waals surface area contributed by atoms with Gasteiger partial charge in [-0.1, -0.05) is 18.2 Å². The highest BCUT2D eigenvalue weighted by Crippen LogP contribution is 2.35. The first-order valence-electron chi connectivity index (χ1n) is 6.65. The van der Waals surface area contributed by atoms with Crippen LogP contribution in [0, 0.1) is 20.8 Å². The Morgan fingerprint density at radius 3 is 2.52 bits per heavy atom. The van der Waals surface area contributed by atoms with Gasteiger partial charge in [-0.2, -0.15) is 0 Å². The molecule has 0 amide bonds. The van der Waals surface area contributed by atoms with Crippen molar-refractivity contribution in [3.05, 3.63) is 57.8 Å². The molecule has 0 aliphatic heterocycles. The van der Waals surface area contributed by atoms with Gasteiger partial charge >= 0.3 is 0 Å². The van der Waals surface area contributed by atoms with Crippen LogP contribution in [0.5, 0.6) is 0 Å². The third-order valence-electron chi connectivity index (χ3n) is 3.46. The van der Waals surface area contributed by atoms with E-state index in [0.29, 0.717) is 5.76 Å². The lowest BCUT2D eigenvalue weighted by Crippen LogP contribution is -1.95. The summed E-state index contributed by atoms with van der Waals surface area (Å²) in [4.78, 5) is 1.53. The molecule has 0 unspecified atom stereocenters. The number of aryl methyl sites for hydroxylation is 3. The maximum absolute atomic E-state index is 13.0. The minimum absolute atomic E-state index is 0.716. The summed E-state index contributed by atoms with van der Waals surface area (Å²) in [6, 6.07) is 11.7. The molecule has 0 fully saturated rings. The van der Waals surface area contributed by atoms with Crippen LogP contribution < -0.4 is 0 Å². The van der Waals surface area contributed by atoms with E-state index in [4.69, 9.17) is 4.42 Å². The molecule has 108 valence electrons. The van der Waals surface area contributed by atoms with Crippen molar-refractivity contribution in [2.45, 2.75) is 30.6 Å². The van der Waals surface area contributed by atoms with Crippen molar-refractivity contribution in [1.82, 2.24) is 0 Å². The summed E-state index contributed by atoms with van der Waals surface area (Å²) in [6.45, 7) is 5.93. The van der Waals surface area contributed by atoms with E-state index in [1.54, 1.807) is 0 Å². The second kappa shape index (κ2) is 5.43. The molecule has 0 aliphatic rings. The maximum Gasteiger partial charge on any atom is 0.138 e. The van der Waals surface area contributed by atoms with Crippen LogP contribution in [0.4, 0.5) is 0 Å². The molecule has 0 N–H and O–H groups in total. The highest BCUT2D eigenvalue weighted by atomic mass is 79.9. The number of fused-ring (bicyclic) bond motifs is 1. The molecule has 3 aromatic rings. The zero-order valence-electron chi connectivity index (χ0n) is 12.1. The van der Waals surface area contributed by atoms with Crippen LogP contribution in [0.15, 0.2) is 55.1 Å². The van der Waals surface area contributed by atoms with Gasteiger partial charge in [-0.05, 0) is 66.0 Å². The van der Waals surface area contributed by atoms with Crippen molar-refractivity contribution >= 4 is 37.7 Å². The van der Waals surface area contributed by atoms with Crippen LogP contribution in [-0.4, -0.2) is 4.21 Å². The summed E-state index contributed by atoms with van der Waals surface area (Å²) in [5.74, 6) is 0.716. The fraction of sp³-hybridized carbons (Fsp3) is 0.176. The minimum atomic E-state index is -1.27. The SMILES string of the molecule is Cc1cc(C)c2oc(C)c([S@](=O)c3ccccc3Br)c2c1. The molecule has 0 saturated heterocycles. The van der Waals surface area contributed by atoms with E-state index in [2.05, 4.69) is 22.0 Å². The molecule has 1 atom stereocenters. The highest BCUT2D eigenvalue weighted by Gasteiger charge is 2.21. The molecule has 0 spiro atoms. The Bertz CT molecular complexity index is 865. The number of rotatable bonds is 2. The van der Waals surface area contributed by atoms with E-state index in [1.165, 1.54) is 0 Å². The molecule has 2 nitrogen and oxygen atoms in total. The maximum atomic E-state index is 13.0. The standard InChI is InChI=1S/C17H15BrO2S/c1-10-8-11(2)16-13(9-10)17(12(3)20-16)21(19)15-7-5-4-6-14(15)18/h4-9H,1-3H3/t21-/m1/s1. The normalized spacial score (nSPS) is 12.8. The number of halogens is 1. The molecule has 2 aromatic carbocycles. The van der Waals surface area contributed by atoms with Gasteiger partial charge in [0.15, 0.2) is 0 Å². The molecule has 1 aromatic heterocycles. The number of benzene rings is 2. The van der Waals surface area contributed by atoms with Gasteiger partial charge < -0.3 is 4.42 Å². The number of furan rings is 1. The molecule has 4 heteroatoms. The average molecular weight is 363 g/mol. The van der Waals surface area contributed by atoms with Gasteiger partial charge in [0.25, 0.3) is 0 Å². The van der Waals surface area contributed by atoms with Gasteiger partial charge in [-0.15, -0.1) is 0 Å². The summed E-state index contributed by atoms with van der Waals surface area (Å²) in [6.07, 6.45) is 0. The summed E-state index contributed by atoms with van der Waals surface area (Å²) in [7, 11) is -1.27. The molecular formula is C17H15BrO2S. The van der Waals surface area contributed by atoms with E-state index < -0.39 is 10.8 Å². The molecule has 0 bridgehead atoms. The highest BCUT2D eigenvalue weighted by molar-refractivity contribution is 9.10. The summed E-state index contributed by atoms with van der Waals surface area (Å²) in [5, 5.41) is 0.944. The van der Waals surface area contributed by atoms with E-state index in [-0.39, 0.29) is 0 Å². The number of hydrogen-bond acceptors (Lipinski definition) is 2. The lowest BCUT2D eigenvalue weighted by Gasteiger charge is -2.05. The fourth-order valence-electron chi connectivity index (χ4n) is 2.58. The first-order valence-corrected chi connectivity index (χ1v) is 8.60. The predicted octanol–water partition coefficient (Wildman–Crippen LogP) is 5.29. The van der Waals surface area contributed by atoms with Gasteiger partial charge in [0, 0.05) is 9.86 Å². The van der Waals surface area contributed by atoms with E-state index in [9.17, 15) is 4.21 Å². The Morgan fingerprint density at radius 1 is 1.10 bits per heavy atom. The topological polar surface area (TPSA) is 30.2 Å². The molecule has 1 heterocycles. The van der Waals surface area contributed by atoms with Crippen molar-refractivity contribution in [3.8, 4) is 0 Å². The van der Waals surface area contributed by atoms with Crippen molar-refractivity contribution in [2.75, 3.05) is 0 Å². The molecule has 0 saturated carbocycles. The second-order valence-electron chi connectivity index (χ2n) is 5.15. The molecule has 0 aliphatic carbocycles. The van der Waals surface area contributed by atoms with Gasteiger partial charge in [0.2, 0.25) is 0 Å². The largest absolute Gasteiger partial charge is 0.460 e. The Kier molecular flexibility index (Phi) is 3.76. The van der Waals surface area contributed by atoms with E-state index in [0.717, 1.165) is 36.4 Å². The third kappa shape index (κ3) is 2.47. The zero-order chi connectivity index (χ0) is 15.1. The predicted molar refractivity (Wildman–Crippen MR) is 89.2 cm³/mol. The summed E-state index contributed by atoms with van der Waals surface area (Å²) >= 11 is 3.48. The lowest BCUT2D eigenvalue weighted by molar-refractivity contribution is 0.564. The zero-order valence-corrected chi connectivity index (χ0v) is 14.5. The molecule has 21 heavy (non-hydrogen) atoms. The average Bonchev–Trinajstić information content (AvgIpc) is 2.75. The summed E-state index contributed by atoms with van der Waals surface area (Å²) in [5.41, 5.74) is 3.04. The smallest absolute Gasteiger partial charge is 0.138 e. The van der Waals surface area contributed by atoms with E-state index >= 15 is 0 Å². The monoisotopic (exact) mass is 362 g/mol. The quantitative estimate of drug-likeness (QED) is 0.620. The molecular weight excluding hydrogens is 348 g/mol. The van der Waals surface area contributed by atoms with E-state index in [1.807, 2.05) is 51.1 Å². The third-order valence-corrected chi connectivity index (χ3v) is 6.05. The second-order valence-corrected chi connectivity index (χ2v) is 7.38. The van der Waals surface area contributed by atoms with Crippen LogP contribution in [0.25, 0.3) is 11.0 Å². The van der Waals surface area contributed by atoms with Crippen LogP contribution in [0.2, 0.25) is 0 Å². The van der Waals surface area contributed by atoms with Crippen molar-refractivity contribution in [3.63, 3.8) is 0 Å². The van der Waals surface area contributed by atoms with Gasteiger partial charge in [-0.25, -0.2) is 4.21 Å². The van der Waals surface area contributed by atoms with Crippen molar-refractivity contribution in [2.24, 2.45) is 0 Å². The summed E-state index contributed by atoms with van der Waals surface area (Å²) < 4.78 is 19.7. The van der Waals surface area contributed by atoms with Crippen LogP contribution >= 0.6 is 15.9 Å². The lowest BCUT2D eigenvalue weighted by atomic mass is 10.1. The van der Waals surface area contributed by atoms with Crippen LogP contribution in [-0.2, 0) is 10.8 Å². The van der Waals surface area contributed by atoms with Gasteiger partial charge in [0.1, 0.15) is 11.3 Å². The van der Waals surface area contributed by atoms with Crippen LogP contribution in [0.1, 0.15) is 16.9 Å². The minimum Gasteiger partial charge on any atom is -0.460 e. The van der Waals surface area contributed by atoms with Crippen molar-refractivity contribution < 1.29 is 8.63 Å². The molecule has 3 rings (SSSR count). The Balaban J connectivity index is 2.28. The van der Waals surface area contributed by atoms with Crippen LogP contribution in [0.3, 0.4) is 0 Å². The molecule has 0 radical (unpaired) electrons. The fourth-order valence-corrected chi connectivity index (χ4v) is 4.63. The van der Waals surface area contributed by atoms with Gasteiger partial charge in [-0.3, -0.25) is 0 Å². The number of hydrogen-bond donors (Lipinski definition) is 0. The Hall–Kier alpha value is -1.39. The Morgan fingerprint density at radius 2 is 1.81 bits per heavy atom.